The highest BCUT2D eigenvalue weighted by atomic mass is 16.5. The first-order chi connectivity index (χ1) is 30.6. The van der Waals surface area contributed by atoms with Gasteiger partial charge >= 0.3 is 11.9 Å². The van der Waals surface area contributed by atoms with Crippen LogP contribution in [0.25, 0.3) is 0 Å². The van der Waals surface area contributed by atoms with Gasteiger partial charge in [-0.15, -0.1) is 6.58 Å². The minimum absolute atomic E-state index is 0.0260. The number of rotatable bonds is 20. The van der Waals surface area contributed by atoms with E-state index in [0.29, 0.717) is 43.4 Å². The van der Waals surface area contributed by atoms with Gasteiger partial charge in [0.25, 0.3) is 0 Å². The Morgan fingerprint density at radius 2 is 1.41 bits per heavy atom. The Balaban J connectivity index is 1.11. The van der Waals surface area contributed by atoms with Crippen molar-refractivity contribution in [1.82, 2.24) is 21.3 Å². The molecule has 0 aromatic carbocycles. The normalized spacial score (nSPS) is 38.2. The van der Waals surface area contributed by atoms with E-state index in [1.54, 1.807) is 0 Å². The molecule has 0 aromatic heterocycles. The molecule has 18 atom stereocenters. The van der Waals surface area contributed by atoms with Gasteiger partial charge in [-0.2, -0.15) is 0 Å². The molecule has 0 spiro atoms. The summed E-state index contributed by atoms with van der Waals surface area (Å²) in [5, 5.41) is 16.3. The Labute approximate surface area is 389 Å². The van der Waals surface area contributed by atoms with Crippen molar-refractivity contribution in [3.63, 3.8) is 0 Å². The lowest BCUT2D eigenvalue weighted by Crippen LogP contribution is -2.51. The van der Waals surface area contributed by atoms with Crippen molar-refractivity contribution in [2.45, 2.75) is 214 Å². The number of allylic oxidation sites excluding steroid dienone is 1. The topological polar surface area (TPSA) is 118 Å². The van der Waals surface area contributed by atoms with Crippen LogP contribution in [0.15, 0.2) is 35.5 Å². The maximum absolute atomic E-state index is 14.6. The molecule has 5 aliphatic heterocycles. The molecule has 64 heavy (non-hydrogen) atoms. The fraction of sp³-hybridized carbons (Fsp3) is 0.836. The zero-order chi connectivity index (χ0) is 46.4. The molecule has 6 rings (SSSR count). The number of methoxy groups -OCH3 is 1. The van der Waals surface area contributed by atoms with Crippen LogP contribution < -0.4 is 21.3 Å². The standard InChI is InChI=1S/C55H92N4O5/c1-13-39-35(8)42-28-44-37(10)41(24-25-48(60)64-27-26-34(7)23-17-22-33(6)21-16-20-32(5)19-15-18-31(3)4)52(58-44)50-51(55(62)63-12)54(61)49-38(11)45(59-53(49)50)30-47-40(14-2)36(9)43(57-47)29-46(39)56-42/h13,26,31-33,35,37-39,41-47,49-53,56-59H,1,14-25,27-30H2,2-12H3. The average molecular weight is 889 g/mol. The third-order valence-corrected chi connectivity index (χ3v) is 18.1. The Hall–Kier alpha value is -2.33. The van der Waals surface area contributed by atoms with Gasteiger partial charge in [0.2, 0.25) is 0 Å². The van der Waals surface area contributed by atoms with Gasteiger partial charge in [-0.25, -0.2) is 0 Å². The average Bonchev–Trinajstić information content (AvgIpc) is 3.99. The molecule has 0 aromatic rings. The van der Waals surface area contributed by atoms with Gasteiger partial charge in [-0.1, -0.05) is 123 Å². The molecule has 6 aliphatic rings. The van der Waals surface area contributed by atoms with Crippen molar-refractivity contribution in [2.75, 3.05) is 13.7 Å². The van der Waals surface area contributed by atoms with Crippen LogP contribution in [0.4, 0.5) is 0 Å². The Kier molecular flexibility index (Phi) is 18.4. The highest BCUT2D eigenvalue weighted by molar-refractivity contribution is 6.03. The second kappa shape index (κ2) is 23.1. The fourth-order valence-corrected chi connectivity index (χ4v) is 14.1. The summed E-state index contributed by atoms with van der Waals surface area (Å²) in [7, 11) is 1.41. The largest absolute Gasteiger partial charge is 0.468 e. The highest BCUT2D eigenvalue weighted by Crippen LogP contribution is 2.51. The van der Waals surface area contributed by atoms with Gasteiger partial charge in [-0.05, 0) is 112 Å². The van der Waals surface area contributed by atoms with Crippen LogP contribution in [0.1, 0.15) is 166 Å². The number of carbonyl (C=O) groups excluding carboxylic acids is 3. The maximum atomic E-state index is 14.6. The number of carbonyl (C=O) groups is 3. The number of hydrogen-bond donors (Lipinski definition) is 4. The summed E-state index contributed by atoms with van der Waals surface area (Å²) in [4.78, 5) is 41.8. The summed E-state index contributed by atoms with van der Waals surface area (Å²) in [6, 6.07) is 1.19. The quantitative estimate of drug-likeness (QED) is 0.0539. The Morgan fingerprint density at radius 1 is 0.781 bits per heavy atom. The summed E-state index contributed by atoms with van der Waals surface area (Å²) in [5.41, 5.74) is 4.26. The molecule has 362 valence electrons. The zero-order valence-electron chi connectivity index (χ0n) is 42.2. The predicted molar refractivity (Wildman–Crippen MR) is 261 cm³/mol. The number of esters is 2. The maximum Gasteiger partial charge on any atom is 0.316 e. The SMILES string of the molecule is C=CC1C2CC3NC(CC4NC5C(C(=O)C(C(=O)OC)C5C5NC(CC(N2)C1C)C(C)C5CCC(=O)OCC=C(C)CCCC(C)CCCC(C)CCCC(C)C)C4C)C(CC)=C3C. The molecule has 8 bridgehead atoms. The third-order valence-electron chi connectivity index (χ3n) is 18.1. The Morgan fingerprint density at radius 3 is 2.06 bits per heavy atom. The van der Waals surface area contributed by atoms with Crippen LogP contribution >= 0.6 is 0 Å². The van der Waals surface area contributed by atoms with Gasteiger partial charge in [0.05, 0.1) is 7.11 Å². The minimum atomic E-state index is -0.836. The molecule has 18 unspecified atom stereocenters. The van der Waals surface area contributed by atoms with E-state index >= 15 is 0 Å². The van der Waals surface area contributed by atoms with Crippen LogP contribution in [-0.4, -0.2) is 79.8 Å². The first-order valence-electron chi connectivity index (χ1n) is 26.4. The van der Waals surface area contributed by atoms with Gasteiger partial charge < -0.3 is 30.7 Å². The molecule has 4 N–H and O–H groups in total. The summed E-state index contributed by atoms with van der Waals surface area (Å²) in [5.74, 6) is 1.60. The van der Waals surface area contributed by atoms with E-state index in [2.05, 4.69) is 109 Å². The van der Waals surface area contributed by atoms with E-state index < -0.39 is 11.9 Å². The predicted octanol–water partition coefficient (Wildman–Crippen LogP) is 9.90. The number of hydrogen-bond acceptors (Lipinski definition) is 9. The number of ketones is 1. The van der Waals surface area contributed by atoms with Crippen LogP contribution in [-0.2, 0) is 23.9 Å². The van der Waals surface area contributed by atoms with E-state index in [1.807, 2.05) is 0 Å². The summed E-state index contributed by atoms with van der Waals surface area (Å²) >= 11 is 0. The zero-order valence-corrected chi connectivity index (χ0v) is 42.2. The van der Waals surface area contributed by atoms with Crippen LogP contribution in [0, 0.1) is 65.1 Å². The van der Waals surface area contributed by atoms with E-state index in [-0.39, 0.29) is 77.6 Å². The van der Waals surface area contributed by atoms with Gasteiger partial charge in [-0.3, -0.25) is 14.4 Å². The number of Topliss-reactive ketones (excluding diaryl/α,β-unsaturated/α-hetero) is 1. The summed E-state index contributed by atoms with van der Waals surface area (Å²) in [6.45, 7) is 27.8. The molecular weight excluding hydrogens is 797 g/mol. The fourth-order valence-electron chi connectivity index (χ4n) is 14.1. The first kappa shape index (κ1) is 51.1. The number of ether oxygens (including phenoxy) is 2. The highest BCUT2D eigenvalue weighted by Gasteiger charge is 2.64. The Bertz CT molecular complexity index is 1660. The monoisotopic (exact) mass is 889 g/mol. The molecule has 1 saturated carbocycles. The van der Waals surface area contributed by atoms with E-state index in [9.17, 15) is 14.4 Å². The van der Waals surface area contributed by atoms with Gasteiger partial charge in [0.1, 0.15) is 12.5 Å². The second-order valence-corrected chi connectivity index (χ2v) is 22.7. The lowest BCUT2D eigenvalue weighted by Gasteiger charge is -2.34. The molecule has 0 radical (unpaired) electrons. The summed E-state index contributed by atoms with van der Waals surface area (Å²) in [6.07, 6.45) is 20.6. The third kappa shape index (κ3) is 11.7. The summed E-state index contributed by atoms with van der Waals surface area (Å²) < 4.78 is 11.3. The number of nitrogens with one attached hydrogen (secondary N) is 4. The minimum Gasteiger partial charge on any atom is -0.468 e. The second-order valence-electron chi connectivity index (χ2n) is 22.7. The van der Waals surface area contributed by atoms with Crippen molar-refractivity contribution >= 4 is 17.7 Å². The molecule has 5 heterocycles. The lowest BCUT2D eigenvalue weighted by molar-refractivity contribution is -0.151. The number of fused-ring (bicyclic) bond motifs is 8. The molecular formula is C55H92N4O5. The van der Waals surface area contributed by atoms with Crippen molar-refractivity contribution in [1.29, 1.82) is 0 Å². The van der Waals surface area contributed by atoms with E-state index in [1.165, 1.54) is 75.2 Å². The molecule has 0 amide bonds. The smallest absolute Gasteiger partial charge is 0.316 e. The molecule has 9 nitrogen and oxygen atoms in total. The lowest BCUT2D eigenvalue weighted by atomic mass is 9.75. The molecule has 5 fully saturated rings. The van der Waals surface area contributed by atoms with Crippen molar-refractivity contribution in [2.24, 2.45) is 65.1 Å². The van der Waals surface area contributed by atoms with Crippen molar-refractivity contribution < 1.29 is 23.9 Å². The van der Waals surface area contributed by atoms with Crippen molar-refractivity contribution in [3.05, 3.63) is 35.5 Å². The van der Waals surface area contributed by atoms with E-state index in [4.69, 9.17) is 9.47 Å². The molecule has 1 aliphatic carbocycles. The van der Waals surface area contributed by atoms with Crippen LogP contribution in [0.2, 0.25) is 0 Å². The van der Waals surface area contributed by atoms with Crippen LogP contribution in [0.3, 0.4) is 0 Å². The van der Waals surface area contributed by atoms with Gasteiger partial charge in [0.15, 0.2) is 5.78 Å². The van der Waals surface area contributed by atoms with Gasteiger partial charge in [0, 0.05) is 66.6 Å². The molecule has 4 saturated heterocycles. The van der Waals surface area contributed by atoms with Crippen LogP contribution in [0.5, 0.6) is 0 Å². The van der Waals surface area contributed by atoms with Crippen molar-refractivity contribution in [3.8, 4) is 0 Å². The molecule has 9 heteroatoms. The first-order valence-corrected chi connectivity index (χ1v) is 26.4. The van der Waals surface area contributed by atoms with E-state index in [0.717, 1.165) is 49.9 Å².